The van der Waals surface area contributed by atoms with Crippen molar-refractivity contribution in [3.8, 4) is 0 Å². The van der Waals surface area contributed by atoms with Gasteiger partial charge in [0.15, 0.2) is 0 Å². The molecule has 1 aromatic rings. The van der Waals surface area contributed by atoms with Gasteiger partial charge in [0.1, 0.15) is 17.3 Å². The highest BCUT2D eigenvalue weighted by Gasteiger charge is 2.22. The number of halogens is 1. The van der Waals surface area contributed by atoms with Gasteiger partial charge in [0.25, 0.3) is 0 Å². The van der Waals surface area contributed by atoms with Crippen molar-refractivity contribution in [3.05, 3.63) is 17.0 Å². The zero-order valence-electron chi connectivity index (χ0n) is 9.28. The highest BCUT2D eigenvalue weighted by Crippen LogP contribution is 2.26. The van der Waals surface area contributed by atoms with Crippen LogP contribution in [0.15, 0.2) is 6.33 Å². The highest BCUT2D eigenvalue weighted by atomic mass is 35.5. The first-order valence-electron chi connectivity index (χ1n) is 5.56. The average molecular weight is 242 g/mol. The molecule has 0 aromatic carbocycles. The minimum absolute atomic E-state index is 0.123. The first-order valence-corrected chi connectivity index (χ1v) is 5.93. The van der Waals surface area contributed by atoms with Crippen molar-refractivity contribution >= 4 is 17.4 Å². The predicted molar refractivity (Wildman–Crippen MR) is 63.6 cm³/mol. The van der Waals surface area contributed by atoms with Gasteiger partial charge in [-0.15, -0.1) is 0 Å². The molecule has 1 fully saturated rings. The van der Waals surface area contributed by atoms with Crippen LogP contribution in [0.5, 0.6) is 0 Å². The van der Waals surface area contributed by atoms with Crippen LogP contribution in [0.25, 0.3) is 0 Å². The number of nitrogens with zero attached hydrogens (tertiary/aromatic N) is 2. The van der Waals surface area contributed by atoms with Gasteiger partial charge >= 0.3 is 0 Å². The third kappa shape index (κ3) is 2.62. The molecule has 0 spiro atoms. The summed E-state index contributed by atoms with van der Waals surface area (Å²) in [6, 6.07) is 0. The lowest BCUT2D eigenvalue weighted by Crippen LogP contribution is -2.14. The van der Waals surface area contributed by atoms with E-state index in [4.69, 9.17) is 11.6 Å². The number of hydrogen-bond donors (Lipinski definition) is 2. The molecule has 2 atom stereocenters. The number of nitrogens with one attached hydrogen (secondary N) is 1. The first kappa shape index (κ1) is 11.6. The molecule has 2 rings (SSSR count). The molecular formula is C11H16ClN3O. The number of aromatic nitrogens is 2. The largest absolute Gasteiger partial charge is 0.393 e. The number of rotatable bonds is 3. The van der Waals surface area contributed by atoms with E-state index in [1.54, 1.807) is 0 Å². The van der Waals surface area contributed by atoms with Crippen LogP contribution in [0.2, 0.25) is 5.15 Å². The van der Waals surface area contributed by atoms with E-state index in [1.165, 1.54) is 6.33 Å². The summed E-state index contributed by atoms with van der Waals surface area (Å²) in [7, 11) is 0. The normalized spacial score (nSPS) is 24.7. The lowest BCUT2D eigenvalue weighted by atomic mass is 10.1. The summed E-state index contributed by atoms with van der Waals surface area (Å²) >= 11 is 5.90. The molecule has 4 nitrogen and oxygen atoms in total. The Morgan fingerprint density at radius 3 is 3.00 bits per heavy atom. The Balaban J connectivity index is 1.92. The van der Waals surface area contributed by atoms with Gasteiger partial charge in [-0.2, -0.15) is 0 Å². The fourth-order valence-electron chi connectivity index (χ4n) is 2.08. The van der Waals surface area contributed by atoms with E-state index in [0.29, 0.717) is 11.1 Å². The summed E-state index contributed by atoms with van der Waals surface area (Å²) in [6.45, 7) is 2.74. The minimum Gasteiger partial charge on any atom is -0.393 e. The smallest absolute Gasteiger partial charge is 0.137 e. The van der Waals surface area contributed by atoms with Gasteiger partial charge in [-0.05, 0) is 32.1 Å². The van der Waals surface area contributed by atoms with Crippen molar-refractivity contribution in [2.24, 2.45) is 5.92 Å². The second kappa shape index (κ2) is 4.97. The summed E-state index contributed by atoms with van der Waals surface area (Å²) in [5.74, 6) is 1.32. The minimum atomic E-state index is -0.123. The molecule has 1 aromatic heterocycles. The van der Waals surface area contributed by atoms with Crippen molar-refractivity contribution in [3.63, 3.8) is 0 Å². The maximum absolute atomic E-state index is 9.42. The second-order valence-electron chi connectivity index (χ2n) is 4.35. The molecule has 88 valence electrons. The van der Waals surface area contributed by atoms with E-state index in [9.17, 15) is 5.11 Å². The molecule has 0 aliphatic heterocycles. The molecule has 0 radical (unpaired) electrons. The molecular weight excluding hydrogens is 226 g/mol. The second-order valence-corrected chi connectivity index (χ2v) is 4.71. The highest BCUT2D eigenvalue weighted by molar-refractivity contribution is 6.30. The van der Waals surface area contributed by atoms with E-state index >= 15 is 0 Å². The van der Waals surface area contributed by atoms with Crippen molar-refractivity contribution < 1.29 is 5.11 Å². The molecule has 1 aliphatic rings. The average Bonchev–Trinajstić information content (AvgIpc) is 2.67. The molecule has 5 heteroatoms. The van der Waals surface area contributed by atoms with Gasteiger partial charge in [-0.3, -0.25) is 0 Å². The fraction of sp³-hybridized carbons (Fsp3) is 0.636. The summed E-state index contributed by atoms with van der Waals surface area (Å²) in [6.07, 6.45) is 4.20. The fourth-order valence-corrected chi connectivity index (χ4v) is 2.21. The lowest BCUT2D eigenvalue weighted by molar-refractivity contribution is 0.178. The third-order valence-corrected chi connectivity index (χ3v) is 3.48. The Bertz CT molecular complexity index is 372. The van der Waals surface area contributed by atoms with Crippen LogP contribution in [-0.4, -0.2) is 27.7 Å². The topological polar surface area (TPSA) is 58.0 Å². The summed E-state index contributed by atoms with van der Waals surface area (Å²) < 4.78 is 0. The summed E-state index contributed by atoms with van der Waals surface area (Å²) in [5.41, 5.74) is 0.878. The molecule has 0 saturated heterocycles. The van der Waals surface area contributed by atoms with Crippen LogP contribution in [-0.2, 0) is 0 Å². The summed E-state index contributed by atoms with van der Waals surface area (Å²) in [5, 5.41) is 13.2. The van der Waals surface area contributed by atoms with E-state index in [2.05, 4.69) is 15.3 Å². The monoisotopic (exact) mass is 241 g/mol. The van der Waals surface area contributed by atoms with Crippen molar-refractivity contribution in [2.45, 2.75) is 32.3 Å². The maximum Gasteiger partial charge on any atom is 0.137 e. The van der Waals surface area contributed by atoms with E-state index in [1.807, 2.05) is 6.92 Å². The van der Waals surface area contributed by atoms with Gasteiger partial charge < -0.3 is 10.4 Å². The van der Waals surface area contributed by atoms with E-state index in [-0.39, 0.29) is 6.10 Å². The van der Waals surface area contributed by atoms with Crippen molar-refractivity contribution in [2.75, 3.05) is 11.9 Å². The summed E-state index contributed by atoms with van der Waals surface area (Å²) in [4.78, 5) is 8.06. The van der Waals surface area contributed by atoms with Crippen molar-refractivity contribution in [1.82, 2.24) is 9.97 Å². The van der Waals surface area contributed by atoms with E-state index < -0.39 is 0 Å². The van der Waals surface area contributed by atoms with Gasteiger partial charge in [0.2, 0.25) is 0 Å². The van der Waals surface area contributed by atoms with Crippen LogP contribution in [0.3, 0.4) is 0 Å². The molecule has 1 heterocycles. The first-order chi connectivity index (χ1) is 7.66. The quantitative estimate of drug-likeness (QED) is 0.795. The number of aliphatic hydroxyl groups is 1. The third-order valence-electron chi connectivity index (χ3n) is 3.09. The maximum atomic E-state index is 9.42. The van der Waals surface area contributed by atoms with E-state index in [0.717, 1.165) is 37.2 Å². The van der Waals surface area contributed by atoms with Crippen LogP contribution >= 0.6 is 11.6 Å². The Labute approximate surface area is 100 Å². The van der Waals surface area contributed by atoms with Crippen LogP contribution in [0, 0.1) is 12.8 Å². The number of aliphatic hydroxyl groups excluding tert-OH is 1. The predicted octanol–water partition coefficient (Wildman–Crippen LogP) is 2.01. The molecule has 0 amide bonds. The Morgan fingerprint density at radius 1 is 1.50 bits per heavy atom. The molecule has 16 heavy (non-hydrogen) atoms. The molecule has 2 unspecified atom stereocenters. The van der Waals surface area contributed by atoms with Crippen molar-refractivity contribution in [1.29, 1.82) is 0 Å². The van der Waals surface area contributed by atoms with Crippen LogP contribution < -0.4 is 5.32 Å². The standard InChI is InChI=1S/C11H16ClN3O/c1-7-10(12)14-6-15-11(7)13-5-8-2-3-9(16)4-8/h6,8-9,16H,2-5H2,1H3,(H,13,14,15). The molecule has 2 N–H and O–H groups in total. The Kier molecular flexibility index (Phi) is 3.61. The van der Waals surface area contributed by atoms with Gasteiger partial charge in [-0.1, -0.05) is 11.6 Å². The number of anilines is 1. The molecule has 1 aliphatic carbocycles. The SMILES string of the molecule is Cc1c(Cl)ncnc1NCC1CCC(O)C1. The number of hydrogen-bond acceptors (Lipinski definition) is 4. The molecule has 1 saturated carbocycles. The van der Waals surface area contributed by atoms with Gasteiger partial charge in [0.05, 0.1) is 6.10 Å². The van der Waals surface area contributed by atoms with Crippen LogP contribution in [0.1, 0.15) is 24.8 Å². The molecule has 0 bridgehead atoms. The zero-order chi connectivity index (χ0) is 11.5. The van der Waals surface area contributed by atoms with Gasteiger partial charge in [0, 0.05) is 12.1 Å². The van der Waals surface area contributed by atoms with Crippen LogP contribution in [0.4, 0.5) is 5.82 Å². The lowest BCUT2D eigenvalue weighted by Gasteiger charge is -2.13. The van der Waals surface area contributed by atoms with Gasteiger partial charge in [-0.25, -0.2) is 9.97 Å². The Morgan fingerprint density at radius 2 is 2.31 bits per heavy atom. The Hall–Kier alpha value is -0.870. The zero-order valence-corrected chi connectivity index (χ0v) is 10.0.